The molecule has 0 aromatic rings. The third kappa shape index (κ3) is 6.51. The van der Waals surface area contributed by atoms with E-state index in [9.17, 15) is 24.6 Å². The smallest absolute Gasteiger partial charge is 0.330 e. The lowest BCUT2D eigenvalue weighted by Crippen LogP contribution is -2.40. The number of aliphatic hydroxyl groups is 2. The molecule has 0 amide bonds. The predicted molar refractivity (Wildman–Crippen MR) is 81.6 cm³/mol. The summed E-state index contributed by atoms with van der Waals surface area (Å²) in [6.07, 6.45) is 0.269. The van der Waals surface area contributed by atoms with Crippen LogP contribution in [0.3, 0.4) is 0 Å². The number of carbonyl (C=O) groups excluding carboxylic acids is 3. The molecule has 0 spiro atoms. The molecule has 0 saturated carbocycles. The van der Waals surface area contributed by atoms with Crippen molar-refractivity contribution < 1.29 is 38.8 Å². The number of hydrogen-bond donors (Lipinski definition) is 2. The Morgan fingerprint density at radius 1 is 1.25 bits per heavy atom. The minimum Gasteiger partial charge on any atom is -0.459 e. The molecule has 0 bridgehead atoms. The number of rotatable bonds is 7. The second-order valence-corrected chi connectivity index (χ2v) is 5.37. The van der Waals surface area contributed by atoms with Crippen LogP contribution in [0.25, 0.3) is 0 Å². The number of ether oxygens (including phenoxy) is 3. The van der Waals surface area contributed by atoms with Crippen LogP contribution in [-0.2, 0) is 28.6 Å². The summed E-state index contributed by atoms with van der Waals surface area (Å²) in [5, 5.41) is 20.0. The van der Waals surface area contributed by atoms with E-state index in [1.165, 1.54) is 39.0 Å². The third-order valence-corrected chi connectivity index (χ3v) is 3.24. The van der Waals surface area contributed by atoms with E-state index in [1.807, 2.05) is 0 Å². The van der Waals surface area contributed by atoms with Crippen molar-refractivity contribution in [1.82, 2.24) is 0 Å². The number of hydrogen-bond acceptors (Lipinski definition) is 8. The van der Waals surface area contributed by atoms with Crippen LogP contribution in [0.5, 0.6) is 0 Å². The maximum absolute atomic E-state index is 11.2. The van der Waals surface area contributed by atoms with Gasteiger partial charge in [-0.25, -0.2) is 4.79 Å². The van der Waals surface area contributed by atoms with E-state index in [0.29, 0.717) is 0 Å². The zero-order valence-electron chi connectivity index (χ0n) is 13.7. The SMILES string of the molecule is CC(=O)O[C@@H](C)[C@H](/C=C/[C@@H](O)[C@H](O)[C@H]1CC=CC(=O)O1)OC(C)=O. The Morgan fingerprint density at radius 2 is 1.88 bits per heavy atom. The van der Waals surface area contributed by atoms with E-state index >= 15 is 0 Å². The van der Waals surface area contributed by atoms with E-state index in [1.54, 1.807) is 6.08 Å². The number of cyclic esters (lactones) is 1. The first kappa shape index (κ1) is 19.9. The molecule has 0 radical (unpaired) electrons. The van der Waals surface area contributed by atoms with Gasteiger partial charge in [-0.15, -0.1) is 0 Å². The van der Waals surface area contributed by atoms with Crippen molar-refractivity contribution in [2.45, 2.75) is 57.7 Å². The fraction of sp³-hybridized carbons (Fsp3) is 0.562. The first-order valence-electron chi connectivity index (χ1n) is 7.46. The van der Waals surface area contributed by atoms with Crippen molar-refractivity contribution in [3.8, 4) is 0 Å². The Morgan fingerprint density at radius 3 is 2.42 bits per heavy atom. The lowest BCUT2D eigenvalue weighted by atomic mass is 10.0. The highest BCUT2D eigenvalue weighted by Gasteiger charge is 2.29. The lowest BCUT2D eigenvalue weighted by Gasteiger charge is -2.26. The van der Waals surface area contributed by atoms with Crippen LogP contribution >= 0.6 is 0 Å². The first-order valence-corrected chi connectivity index (χ1v) is 7.46. The molecule has 0 aromatic heterocycles. The van der Waals surface area contributed by atoms with Gasteiger partial charge in [0, 0.05) is 26.3 Å². The molecule has 1 aliphatic heterocycles. The average molecular weight is 342 g/mol. The predicted octanol–water partition coefficient (Wildman–Crippen LogP) is 0.0194. The van der Waals surface area contributed by atoms with Crippen molar-refractivity contribution >= 4 is 17.9 Å². The van der Waals surface area contributed by atoms with E-state index in [4.69, 9.17) is 14.2 Å². The molecule has 8 nitrogen and oxygen atoms in total. The minimum atomic E-state index is -1.36. The molecule has 0 aromatic carbocycles. The van der Waals surface area contributed by atoms with E-state index in [2.05, 4.69) is 0 Å². The molecular formula is C16H22O8. The Hall–Kier alpha value is -2.19. The largest absolute Gasteiger partial charge is 0.459 e. The molecule has 0 fully saturated rings. The first-order chi connectivity index (χ1) is 11.2. The van der Waals surface area contributed by atoms with Gasteiger partial charge >= 0.3 is 17.9 Å². The highest BCUT2D eigenvalue weighted by atomic mass is 16.6. The van der Waals surface area contributed by atoms with Crippen LogP contribution in [0.2, 0.25) is 0 Å². The van der Waals surface area contributed by atoms with Crippen LogP contribution in [0.4, 0.5) is 0 Å². The summed E-state index contributed by atoms with van der Waals surface area (Å²) >= 11 is 0. The summed E-state index contributed by atoms with van der Waals surface area (Å²) in [6.45, 7) is 3.94. The fourth-order valence-electron chi connectivity index (χ4n) is 2.11. The molecule has 8 heteroatoms. The zero-order valence-corrected chi connectivity index (χ0v) is 13.7. The fourth-order valence-corrected chi connectivity index (χ4v) is 2.11. The summed E-state index contributed by atoms with van der Waals surface area (Å²) in [4.78, 5) is 33.3. The van der Waals surface area contributed by atoms with Crippen molar-refractivity contribution in [1.29, 1.82) is 0 Å². The number of esters is 3. The molecule has 2 N–H and O–H groups in total. The molecule has 134 valence electrons. The Kier molecular flexibility index (Phi) is 7.60. The highest BCUT2D eigenvalue weighted by molar-refractivity contribution is 5.82. The molecule has 24 heavy (non-hydrogen) atoms. The van der Waals surface area contributed by atoms with Crippen LogP contribution in [0.15, 0.2) is 24.3 Å². The maximum Gasteiger partial charge on any atom is 0.330 e. The summed E-state index contributed by atoms with van der Waals surface area (Å²) in [5.41, 5.74) is 0. The number of aliphatic hydroxyl groups excluding tert-OH is 2. The van der Waals surface area contributed by atoms with E-state index in [-0.39, 0.29) is 6.42 Å². The molecule has 1 rings (SSSR count). The molecule has 0 saturated heterocycles. The van der Waals surface area contributed by atoms with E-state index in [0.717, 1.165) is 0 Å². The van der Waals surface area contributed by atoms with Crippen molar-refractivity contribution in [2.24, 2.45) is 0 Å². The number of carbonyl (C=O) groups is 3. The molecule has 0 unspecified atom stereocenters. The minimum absolute atomic E-state index is 0.273. The molecule has 1 aliphatic rings. The monoisotopic (exact) mass is 342 g/mol. The Labute approximate surface area is 139 Å². The summed E-state index contributed by atoms with van der Waals surface area (Å²) in [7, 11) is 0. The summed E-state index contributed by atoms with van der Waals surface area (Å²) in [5.74, 6) is -1.73. The second-order valence-electron chi connectivity index (χ2n) is 5.37. The van der Waals surface area contributed by atoms with Gasteiger partial charge in [0.25, 0.3) is 0 Å². The third-order valence-electron chi connectivity index (χ3n) is 3.24. The van der Waals surface area contributed by atoms with Gasteiger partial charge in [0.1, 0.15) is 24.4 Å². The maximum atomic E-state index is 11.2. The van der Waals surface area contributed by atoms with Gasteiger partial charge in [0.2, 0.25) is 0 Å². The second kappa shape index (κ2) is 9.19. The van der Waals surface area contributed by atoms with Gasteiger partial charge in [-0.2, -0.15) is 0 Å². The molecule has 0 aliphatic carbocycles. The van der Waals surface area contributed by atoms with Crippen LogP contribution in [0.1, 0.15) is 27.2 Å². The van der Waals surface area contributed by atoms with Gasteiger partial charge < -0.3 is 24.4 Å². The van der Waals surface area contributed by atoms with E-state index < -0.39 is 48.4 Å². The standard InChI is InChI=1S/C16H22O8/c1-9(22-10(2)17)13(23-11(3)18)8-7-12(19)16(21)14-5-4-6-15(20)24-14/h4,6-9,12-14,16,19,21H,5H2,1-3H3/b8-7+/t9-,12+,13-,14+,16-/m0/s1. The van der Waals surface area contributed by atoms with Crippen LogP contribution in [0, 0.1) is 0 Å². The molecule has 5 atom stereocenters. The Balaban J connectivity index is 2.72. The van der Waals surface area contributed by atoms with Crippen LogP contribution in [-0.4, -0.2) is 58.6 Å². The summed E-state index contributed by atoms with van der Waals surface area (Å²) in [6, 6.07) is 0. The quantitative estimate of drug-likeness (QED) is 0.377. The van der Waals surface area contributed by atoms with Gasteiger partial charge in [0.05, 0.1) is 0 Å². The Bertz CT molecular complexity index is 524. The zero-order chi connectivity index (χ0) is 18.3. The van der Waals surface area contributed by atoms with Gasteiger partial charge in [-0.05, 0) is 13.0 Å². The summed E-state index contributed by atoms with van der Waals surface area (Å²) < 4.78 is 14.9. The lowest BCUT2D eigenvalue weighted by molar-refractivity contribution is -0.160. The topological polar surface area (TPSA) is 119 Å². The van der Waals surface area contributed by atoms with Gasteiger partial charge in [-0.1, -0.05) is 12.2 Å². The van der Waals surface area contributed by atoms with Crippen LogP contribution < -0.4 is 0 Å². The molecular weight excluding hydrogens is 320 g/mol. The van der Waals surface area contributed by atoms with Gasteiger partial charge in [0.15, 0.2) is 6.10 Å². The highest BCUT2D eigenvalue weighted by Crippen LogP contribution is 2.16. The normalized spacial score (nSPS) is 22.4. The molecule has 1 heterocycles. The average Bonchev–Trinajstić information content (AvgIpc) is 2.49. The van der Waals surface area contributed by atoms with Crippen molar-refractivity contribution in [2.75, 3.05) is 0 Å². The van der Waals surface area contributed by atoms with Crippen molar-refractivity contribution in [3.05, 3.63) is 24.3 Å². The van der Waals surface area contributed by atoms with Crippen molar-refractivity contribution in [3.63, 3.8) is 0 Å². The van der Waals surface area contributed by atoms with Gasteiger partial charge in [-0.3, -0.25) is 9.59 Å².